The van der Waals surface area contributed by atoms with E-state index >= 15 is 0 Å². The van der Waals surface area contributed by atoms with Gasteiger partial charge in [-0.15, -0.1) is 11.3 Å². The molecule has 16 heavy (non-hydrogen) atoms. The average molecular weight is 292 g/mol. The second-order valence-electron chi connectivity index (χ2n) is 3.82. The van der Waals surface area contributed by atoms with Gasteiger partial charge in [0.15, 0.2) is 0 Å². The van der Waals surface area contributed by atoms with Gasteiger partial charge in [-0.05, 0) is 43.3 Å². The zero-order valence-electron chi connectivity index (χ0n) is 8.75. The van der Waals surface area contributed by atoms with Crippen molar-refractivity contribution in [1.29, 1.82) is 0 Å². The van der Waals surface area contributed by atoms with E-state index in [4.69, 9.17) is 0 Å². The van der Waals surface area contributed by atoms with Crippen molar-refractivity contribution >= 4 is 38.2 Å². The van der Waals surface area contributed by atoms with Crippen LogP contribution in [-0.2, 0) is 0 Å². The first-order valence-corrected chi connectivity index (χ1v) is 6.68. The topological polar surface area (TPSA) is 15.8 Å². The lowest BCUT2D eigenvalue weighted by atomic mass is 10.2. The molecule has 1 aromatic carbocycles. The molecule has 3 rings (SSSR count). The van der Waals surface area contributed by atoms with E-state index < -0.39 is 0 Å². The maximum atomic E-state index is 3.49. The van der Waals surface area contributed by atoms with Gasteiger partial charge in [0.1, 0.15) is 0 Å². The summed E-state index contributed by atoms with van der Waals surface area (Å²) in [7, 11) is 0. The van der Waals surface area contributed by atoms with E-state index in [1.54, 1.807) is 0 Å². The van der Waals surface area contributed by atoms with Crippen molar-refractivity contribution in [2.75, 3.05) is 0 Å². The minimum absolute atomic E-state index is 1.12. The SMILES string of the molecule is Cc1ccc(-c2cc3cc(Br)ccc3[nH]2)s1. The molecule has 0 aliphatic rings. The van der Waals surface area contributed by atoms with Crippen LogP contribution in [0.2, 0.25) is 0 Å². The van der Waals surface area contributed by atoms with Gasteiger partial charge in [-0.3, -0.25) is 0 Å². The van der Waals surface area contributed by atoms with Crippen LogP contribution in [-0.4, -0.2) is 4.98 Å². The maximum Gasteiger partial charge on any atom is 0.0566 e. The lowest BCUT2D eigenvalue weighted by Gasteiger charge is -1.90. The molecule has 0 fully saturated rings. The van der Waals surface area contributed by atoms with E-state index in [9.17, 15) is 0 Å². The number of aromatic amines is 1. The Labute approximate surface area is 106 Å². The monoisotopic (exact) mass is 291 g/mol. The number of aryl methyl sites for hydroxylation is 1. The minimum Gasteiger partial charge on any atom is -0.354 e. The van der Waals surface area contributed by atoms with Gasteiger partial charge in [0.05, 0.1) is 10.6 Å². The Morgan fingerprint density at radius 2 is 2.00 bits per heavy atom. The third-order valence-electron chi connectivity index (χ3n) is 2.59. The van der Waals surface area contributed by atoms with Crippen LogP contribution in [0.4, 0.5) is 0 Å². The van der Waals surface area contributed by atoms with Gasteiger partial charge >= 0.3 is 0 Å². The Hall–Kier alpha value is -1.06. The number of nitrogens with one attached hydrogen (secondary N) is 1. The number of aromatic nitrogens is 1. The summed E-state index contributed by atoms with van der Waals surface area (Å²) < 4.78 is 1.12. The van der Waals surface area contributed by atoms with Gasteiger partial charge in [-0.2, -0.15) is 0 Å². The molecule has 0 spiro atoms. The lowest BCUT2D eigenvalue weighted by Crippen LogP contribution is -1.69. The molecular weight excluding hydrogens is 282 g/mol. The van der Waals surface area contributed by atoms with Crippen molar-refractivity contribution in [2.24, 2.45) is 0 Å². The molecule has 0 aliphatic carbocycles. The summed E-state index contributed by atoms with van der Waals surface area (Å²) in [6.45, 7) is 2.13. The van der Waals surface area contributed by atoms with Gasteiger partial charge in [0.2, 0.25) is 0 Å². The van der Waals surface area contributed by atoms with Gasteiger partial charge in [-0.25, -0.2) is 0 Å². The number of rotatable bonds is 1. The number of hydrogen-bond donors (Lipinski definition) is 1. The van der Waals surface area contributed by atoms with E-state index in [-0.39, 0.29) is 0 Å². The Kier molecular flexibility index (Phi) is 2.37. The van der Waals surface area contributed by atoms with Crippen molar-refractivity contribution in [3.8, 4) is 10.6 Å². The van der Waals surface area contributed by atoms with E-state index in [1.165, 1.54) is 26.4 Å². The van der Waals surface area contributed by atoms with Crippen molar-refractivity contribution < 1.29 is 0 Å². The molecule has 3 heteroatoms. The van der Waals surface area contributed by atoms with Crippen LogP contribution < -0.4 is 0 Å². The first-order chi connectivity index (χ1) is 7.72. The van der Waals surface area contributed by atoms with Crippen LogP contribution in [0.3, 0.4) is 0 Å². The quantitative estimate of drug-likeness (QED) is 0.652. The predicted octanol–water partition coefficient (Wildman–Crippen LogP) is 4.97. The molecule has 0 radical (unpaired) electrons. The predicted molar refractivity (Wildman–Crippen MR) is 74.0 cm³/mol. The number of hydrogen-bond acceptors (Lipinski definition) is 1. The minimum atomic E-state index is 1.12. The van der Waals surface area contributed by atoms with Crippen LogP contribution >= 0.6 is 27.3 Å². The summed E-state index contributed by atoms with van der Waals surface area (Å²) in [5.74, 6) is 0. The van der Waals surface area contributed by atoms with Crippen molar-refractivity contribution in [1.82, 2.24) is 4.98 Å². The normalized spacial score (nSPS) is 11.1. The molecule has 0 atom stereocenters. The molecule has 1 nitrogen and oxygen atoms in total. The van der Waals surface area contributed by atoms with Gasteiger partial charge in [0.25, 0.3) is 0 Å². The highest BCUT2D eigenvalue weighted by atomic mass is 79.9. The Balaban J connectivity index is 2.18. The van der Waals surface area contributed by atoms with E-state index in [2.05, 4.69) is 64.2 Å². The Morgan fingerprint density at radius 1 is 1.12 bits per heavy atom. The summed E-state index contributed by atoms with van der Waals surface area (Å²) in [5.41, 5.74) is 2.38. The first kappa shape index (κ1) is 10.1. The molecule has 80 valence electrons. The van der Waals surface area contributed by atoms with Crippen LogP contribution in [0.5, 0.6) is 0 Å². The van der Waals surface area contributed by atoms with E-state index in [1.807, 2.05) is 11.3 Å². The van der Waals surface area contributed by atoms with Crippen LogP contribution in [0.15, 0.2) is 40.9 Å². The molecule has 1 N–H and O–H groups in total. The van der Waals surface area contributed by atoms with Gasteiger partial charge < -0.3 is 4.98 Å². The maximum absolute atomic E-state index is 3.49. The molecule has 3 aromatic rings. The third kappa shape index (κ3) is 1.70. The van der Waals surface area contributed by atoms with Crippen LogP contribution in [0.1, 0.15) is 4.88 Å². The zero-order chi connectivity index (χ0) is 11.1. The second kappa shape index (κ2) is 3.75. The highest BCUT2D eigenvalue weighted by Crippen LogP contribution is 2.30. The standard InChI is InChI=1S/C13H10BrNS/c1-8-2-5-13(16-8)12-7-9-6-10(14)3-4-11(9)15-12/h2-7,15H,1H3. The number of benzene rings is 1. The summed E-state index contributed by atoms with van der Waals surface area (Å²) in [6.07, 6.45) is 0. The Bertz CT molecular complexity index is 651. The molecule has 0 unspecified atom stereocenters. The highest BCUT2D eigenvalue weighted by molar-refractivity contribution is 9.10. The van der Waals surface area contributed by atoms with Gasteiger partial charge in [-0.1, -0.05) is 15.9 Å². The van der Waals surface area contributed by atoms with E-state index in [0.717, 1.165) is 4.47 Å². The first-order valence-electron chi connectivity index (χ1n) is 5.07. The molecule has 2 heterocycles. The smallest absolute Gasteiger partial charge is 0.0566 e. The zero-order valence-corrected chi connectivity index (χ0v) is 11.2. The average Bonchev–Trinajstić information content (AvgIpc) is 2.83. The number of halogens is 1. The van der Waals surface area contributed by atoms with Gasteiger partial charge in [0, 0.05) is 20.3 Å². The highest BCUT2D eigenvalue weighted by Gasteiger charge is 2.05. The van der Waals surface area contributed by atoms with Crippen molar-refractivity contribution in [3.63, 3.8) is 0 Å². The molecule has 0 amide bonds. The van der Waals surface area contributed by atoms with Crippen LogP contribution in [0, 0.1) is 6.92 Å². The number of H-pyrrole nitrogens is 1. The fraction of sp³-hybridized carbons (Fsp3) is 0.0769. The summed E-state index contributed by atoms with van der Waals surface area (Å²) >= 11 is 5.31. The third-order valence-corrected chi connectivity index (χ3v) is 4.12. The fourth-order valence-corrected chi connectivity index (χ4v) is 3.03. The lowest BCUT2D eigenvalue weighted by molar-refractivity contribution is 1.48. The van der Waals surface area contributed by atoms with Crippen molar-refractivity contribution in [3.05, 3.63) is 45.7 Å². The fourth-order valence-electron chi connectivity index (χ4n) is 1.82. The molecule has 2 aromatic heterocycles. The van der Waals surface area contributed by atoms with Crippen LogP contribution in [0.25, 0.3) is 21.5 Å². The number of fused-ring (bicyclic) bond motifs is 1. The second-order valence-corrected chi connectivity index (χ2v) is 6.03. The Morgan fingerprint density at radius 3 is 2.75 bits per heavy atom. The summed E-state index contributed by atoms with van der Waals surface area (Å²) in [6, 6.07) is 12.8. The van der Waals surface area contributed by atoms with Crippen molar-refractivity contribution in [2.45, 2.75) is 6.92 Å². The molecule has 0 aliphatic heterocycles. The largest absolute Gasteiger partial charge is 0.354 e. The molecule has 0 bridgehead atoms. The molecule has 0 saturated carbocycles. The van der Waals surface area contributed by atoms with E-state index in [0.29, 0.717) is 0 Å². The molecular formula is C13H10BrNS. The summed E-state index contributed by atoms with van der Waals surface area (Å²) in [4.78, 5) is 6.08. The summed E-state index contributed by atoms with van der Waals surface area (Å²) in [5, 5.41) is 1.25. The number of thiophene rings is 1. The molecule has 0 saturated heterocycles.